The molecule has 0 radical (unpaired) electrons. The summed E-state index contributed by atoms with van der Waals surface area (Å²) in [6.07, 6.45) is 2.75. The zero-order chi connectivity index (χ0) is 17.0. The lowest BCUT2D eigenvalue weighted by molar-refractivity contribution is 0.586. The van der Waals surface area contributed by atoms with E-state index in [4.69, 9.17) is 4.98 Å². The Labute approximate surface area is 155 Å². The molecule has 25 heavy (non-hydrogen) atoms. The number of hydrogen-bond donors (Lipinski definition) is 1. The molecule has 5 rings (SSSR count). The number of thiophene rings is 1. The molecule has 7 heteroatoms. The van der Waals surface area contributed by atoms with E-state index in [2.05, 4.69) is 40.1 Å². The fourth-order valence-corrected chi connectivity index (χ4v) is 5.86. The van der Waals surface area contributed by atoms with Crippen LogP contribution < -0.4 is 10.2 Å². The number of nitrogens with one attached hydrogen (secondary N) is 1. The van der Waals surface area contributed by atoms with Gasteiger partial charge in [-0.25, -0.2) is 15.0 Å². The fourth-order valence-electron chi connectivity index (χ4n) is 3.68. The van der Waals surface area contributed by atoms with Crippen LogP contribution in [0.4, 0.5) is 5.82 Å². The smallest absolute Gasteiger partial charge is 0.150 e. The summed E-state index contributed by atoms with van der Waals surface area (Å²) in [6, 6.07) is 2.33. The highest BCUT2D eigenvalue weighted by atomic mass is 32.2. The minimum absolute atomic E-state index is 0.274. The topological polar surface area (TPSA) is 53.9 Å². The predicted octanol–water partition coefficient (Wildman–Crippen LogP) is 3.22. The first-order chi connectivity index (χ1) is 12.1. The standard InChI is InChI=1S/C18H21N5S2/c1-18(2)8-13-11(9-24-18)7-12-14-15(25-17(12)22-13)16(21-10-20-14)23-5-3-19-4-6-23/h7,10,19H,3-6,8-9H2,1-2H3. The van der Waals surface area contributed by atoms with E-state index in [-0.39, 0.29) is 4.75 Å². The van der Waals surface area contributed by atoms with Crippen molar-refractivity contribution < 1.29 is 0 Å². The van der Waals surface area contributed by atoms with Crippen LogP contribution in [0.25, 0.3) is 20.4 Å². The molecule has 130 valence electrons. The highest BCUT2D eigenvalue weighted by Gasteiger charge is 2.28. The molecule has 1 saturated heterocycles. The molecule has 5 nitrogen and oxygen atoms in total. The maximum atomic E-state index is 5.04. The maximum Gasteiger partial charge on any atom is 0.150 e. The zero-order valence-corrected chi connectivity index (χ0v) is 16.1. The van der Waals surface area contributed by atoms with Crippen LogP contribution in [0.5, 0.6) is 0 Å². The van der Waals surface area contributed by atoms with Crippen LogP contribution in [0.2, 0.25) is 0 Å². The summed E-state index contributed by atoms with van der Waals surface area (Å²) in [5.74, 6) is 2.11. The monoisotopic (exact) mass is 371 g/mol. The van der Waals surface area contributed by atoms with Gasteiger partial charge in [0.15, 0.2) is 0 Å². The molecule has 3 aromatic heterocycles. The van der Waals surface area contributed by atoms with E-state index in [0.29, 0.717) is 0 Å². The van der Waals surface area contributed by atoms with Gasteiger partial charge in [-0.2, -0.15) is 11.8 Å². The van der Waals surface area contributed by atoms with Gasteiger partial charge in [-0.3, -0.25) is 0 Å². The Hall–Kier alpha value is -1.44. The first-order valence-corrected chi connectivity index (χ1v) is 10.6. The number of thioether (sulfide) groups is 1. The van der Waals surface area contributed by atoms with Crippen molar-refractivity contribution in [3.8, 4) is 0 Å². The van der Waals surface area contributed by atoms with Gasteiger partial charge in [0.05, 0.1) is 10.2 Å². The Balaban J connectivity index is 1.68. The van der Waals surface area contributed by atoms with Crippen LogP contribution in [0.1, 0.15) is 25.1 Å². The number of anilines is 1. The van der Waals surface area contributed by atoms with E-state index >= 15 is 0 Å². The Bertz CT molecular complexity index is 959. The van der Waals surface area contributed by atoms with Gasteiger partial charge in [0.1, 0.15) is 17.0 Å². The maximum absolute atomic E-state index is 5.04. The van der Waals surface area contributed by atoms with Crippen molar-refractivity contribution in [2.24, 2.45) is 0 Å². The first kappa shape index (κ1) is 15.8. The summed E-state index contributed by atoms with van der Waals surface area (Å²) in [7, 11) is 0. The summed E-state index contributed by atoms with van der Waals surface area (Å²) in [6.45, 7) is 8.63. The SMILES string of the molecule is CC1(C)Cc2nc3sc4c(N5CCNCC5)ncnc4c3cc2CS1. The lowest BCUT2D eigenvalue weighted by Crippen LogP contribution is -2.43. The van der Waals surface area contributed by atoms with Crippen LogP contribution in [0.3, 0.4) is 0 Å². The van der Waals surface area contributed by atoms with E-state index in [1.54, 1.807) is 17.7 Å². The van der Waals surface area contributed by atoms with Crippen molar-refractivity contribution in [1.82, 2.24) is 20.3 Å². The molecule has 0 atom stereocenters. The lowest BCUT2D eigenvalue weighted by atomic mass is 10.0. The molecule has 0 aromatic carbocycles. The van der Waals surface area contributed by atoms with E-state index in [0.717, 1.165) is 54.5 Å². The molecule has 3 aromatic rings. The summed E-state index contributed by atoms with van der Waals surface area (Å²) in [5, 5.41) is 4.60. The van der Waals surface area contributed by atoms with Gasteiger partial charge in [0.2, 0.25) is 0 Å². The number of nitrogens with zero attached hydrogens (tertiary/aromatic N) is 4. The Morgan fingerprint density at radius 3 is 2.88 bits per heavy atom. The minimum atomic E-state index is 0.274. The third kappa shape index (κ3) is 2.69. The Morgan fingerprint density at radius 1 is 1.20 bits per heavy atom. The Kier molecular flexibility index (Phi) is 3.66. The van der Waals surface area contributed by atoms with Gasteiger partial charge in [0, 0.05) is 54.2 Å². The second kappa shape index (κ2) is 5.79. The van der Waals surface area contributed by atoms with Crippen LogP contribution in [-0.4, -0.2) is 45.9 Å². The first-order valence-electron chi connectivity index (χ1n) is 8.76. The number of fused-ring (bicyclic) bond motifs is 4. The molecule has 2 aliphatic rings. The van der Waals surface area contributed by atoms with Crippen molar-refractivity contribution in [2.45, 2.75) is 30.8 Å². The number of rotatable bonds is 1. The molecule has 1 fully saturated rings. The van der Waals surface area contributed by atoms with Crippen LogP contribution in [-0.2, 0) is 12.2 Å². The predicted molar refractivity (Wildman–Crippen MR) is 107 cm³/mol. The molecular weight excluding hydrogens is 350 g/mol. The van der Waals surface area contributed by atoms with E-state index in [1.807, 2.05) is 11.8 Å². The lowest BCUT2D eigenvalue weighted by Gasteiger charge is -2.29. The van der Waals surface area contributed by atoms with Crippen LogP contribution >= 0.6 is 23.1 Å². The molecule has 0 aliphatic carbocycles. The van der Waals surface area contributed by atoms with E-state index in [9.17, 15) is 0 Å². The molecule has 0 spiro atoms. The normalized spacial score (nSPS) is 20.2. The summed E-state index contributed by atoms with van der Waals surface area (Å²) in [4.78, 5) is 17.7. The van der Waals surface area contributed by atoms with Crippen molar-refractivity contribution in [3.63, 3.8) is 0 Å². The number of pyridine rings is 1. The zero-order valence-electron chi connectivity index (χ0n) is 14.5. The largest absolute Gasteiger partial charge is 0.353 e. The van der Waals surface area contributed by atoms with Crippen molar-refractivity contribution in [2.75, 3.05) is 31.1 Å². The third-order valence-electron chi connectivity index (χ3n) is 5.02. The minimum Gasteiger partial charge on any atom is -0.353 e. The van der Waals surface area contributed by atoms with Crippen molar-refractivity contribution >= 4 is 49.3 Å². The van der Waals surface area contributed by atoms with E-state index < -0.39 is 0 Å². The average molecular weight is 372 g/mol. The van der Waals surface area contributed by atoms with Gasteiger partial charge in [-0.05, 0) is 11.6 Å². The fraction of sp³-hybridized carbons (Fsp3) is 0.500. The average Bonchev–Trinajstić information content (AvgIpc) is 2.97. The quantitative estimate of drug-likeness (QED) is 0.709. The second-order valence-corrected chi connectivity index (χ2v) is 10.1. The molecule has 1 N–H and O–H groups in total. The number of piperazine rings is 1. The summed E-state index contributed by atoms with van der Waals surface area (Å²) >= 11 is 3.77. The molecule has 0 saturated carbocycles. The molecule has 5 heterocycles. The summed E-state index contributed by atoms with van der Waals surface area (Å²) in [5.41, 5.74) is 3.70. The molecule has 2 aliphatic heterocycles. The van der Waals surface area contributed by atoms with Crippen molar-refractivity contribution in [1.29, 1.82) is 0 Å². The second-order valence-electron chi connectivity index (χ2n) is 7.39. The van der Waals surface area contributed by atoms with E-state index in [1.165, 1.54) is 21.3 Å². The van der Waals surface area contributed by atoms with Crippen LogP contribution in [0.15, 0.2) is 12.4 Å². The van der Waals surface area contributed by atoms with Crippen molar-refractivity contribution in [3.05, 3.63) is 23.7 Å². The van der Waals surface area contributed by atoms with Gasteiger partial charge in [-0.15, -0.1) is 11.3 Å². The number of hydrogen-bond acceptors (Lipinski definition) is 7. The van der Waals surface area contributed by atoms with Crippen LogP contribution in [0, 0.1) is 0 Å². The summed E-state index contributed by atoms with van der Waals surface area (Å²) < 4.78 is 1.46. The highest BCUT2D eigenvalue weighted by Crippen LogP contribution is 2.42. The third-order valence-corrected chi connectivity index (χ3v) is 7.49. The van der Waals surface area contributed by atoms with Gasteiger partial charge in [0.25, 0.3) is 0 Å². The van der Waals surface area contributed by atoms with Gasteiger partial charge < -0.3 is 10.2 Å². The van der Waals surface area contributed by atoms with Gasteiger partial charge in [-0.1, -0.05) is 13.8 Å². The van der Waals surface area contributed by atoms with Gasteiger partial charge >= 0.3 is 0 Å². The molecular formula is C18H21N5S2. The highest BCUT2D eigenvalue weighted by molar-refractivity contribution is 7.99. The molecule has 0 bridgehead atoms. The molecule has 0 amide bonds. The Morgan fingerprint density at radius 2 is 2.04 bits per heavy atom. The number of aromatic nitrogens is 3. The molecule has 0 unspecified atom stereocenters.